The smallest absolute Gasteiger partial charge is 0.343 e. The van der Waals surface area contributed by atoms with Crippen molar-refractivity contribution in [2.45, 2.75) is 50.2 Å². The number of piperidine rings is 1. The number of likely N-dealkylation sites (tertiary alicyclic amines) is 1. The predicted molar refractivity (Wildman–Crippen MR) is 99.3 cm³/mol. The molecule has 0 N–H and O–H groups in total. The molecule has 3 rings (SSSR count). The van der Waals surface area contributed by atoms with Gasteiger partial charge in [-0.25, -0.2) is 8.42 Å². The Balaban J connectivity index is 1.58. The molecule has 1 unspecified atom stereocenters. The SMILES string of the molecule is CS(=O)(=O)N(CC(F)(F)F)C1CCN(C(=O)CC2CCc3ccccc32)CC1. The summed E-state index contributed by atoms with van der Waals surface area (Å²) >= 11 is 0. The zero-order valence-electron chi connectivity index (χ0n) is 15.8. The Morgan fingerprint density at radius 2 is 1.82 bits per heavy atom. The molecule has 9 heteroatoms. The van der Waals surface area contributed by atoms with Gasteiger partial charge in [0.1, 0.15) is 6.54 Å². The molecule has 1 atom stereocenters. The molecule has 0 spiro atoms. The summed E-state index contributed by atoms with van der Waals surface area (Å²) in [5.74, 6) is 0.168. The van der Waals surface area contributed by atoms with Crippen LogP contribution in [0.2, 0.25) is 0 Å². The van der Waals surface area contributed by atoms with E-state index in [1.165, 1.54) is 11.1 Å². The monoisotopic (exact) mass is 418 g/mol. The fourth-order valence-corrected chi connectivity index (χ4v) is 5.43. The number of amides is 1. The number of alkyl halides is 3. The maximum absolute atomic E-state index is 12.8. The molecule has 1 heterocycles. The van der Waals surface area contributed by atoms with Crippen LogP contribution in [0.3, 0.4) is 0 Å². The van der Waals surface area contributed by atoms with Crippen LogP contribution in [0.25, 0.3) is 0 Å². The number of hydrogen-bond acceptors (Lipinski definition) is 3. The first kappa shape index (κ1) is 21.1. The molecule has 2 aliphatic rings. The average molecular weight is 418 g/mol. The fourth-order valence-electron chi connectivity index (χ4n) is 4.29. The van der Waals surface area contributed by atoms with Gasteiger partial charge in [0.15, 0.2) is 0 Å². The van der Waals surface area contributed by atoms with Crippen LogP contribution in [0.5, 0.6) is 0 Å². The lowest BCUT2D eigenvalue weighted by molar-refractivity contribution is -0.143. The summed E-state index contributed by atoms with van der Waals surface area (Å²) in [6, 6.07) is 7.35. The van der Waals surface area contributed by atoms with Gasteiger partial charge in [-0.1, -0.05) is 24.3 Å². The summed E-state index contributed by atoms with van der Waals surface area (Å²) in [5, 5.41) is 0. The van der Waals surface area contributed by atoms with Crippen LogP contribution in [0, 0.1) is 0 Å². The van der Waals surface area contributed by atoms with Gasteiger partial charge in [0, 0.05) is 25.6 Å². The standard InChI is InChI=1S/C19H25F3N2O3S/c1-28(26,27)24(13-19(20,21)22)16-8-10-23(11-9-16)18(25)12-15-7-6-14-4-2-3-5-17(14)15/h2-5,15-16H,6-13H2,1H3. The molecule has 1 aliphatic carbocycles. The second-order valence-corrected chi connectivity index (χ2v) is 9.61. The van der Waals surface area contributed by atoms with Crippen LogP contribution in [0.1, 0.15) is 42.7 Å². The van der Waals surface area contributed by atoms with Gasteiger partial charge >= 0.3 is 6.18 Å². The first-order valence-corrected chi connectivity index (χ1v) is 11.3. The molecule has 156 valence electrons. The zero-order chi connectivity index (χ0) is 20.5. The van der Waals surface area contributed by atoms with E-state index in [4.69, 9.17) is 0 Å². The summed E-state index contributed by atoms with van der Waals surface area (Å²) in [7, 11) is -3.98. The van der Waals surface area contributed by atoms with Crippen molar-refractivity contribution >= 4 is 15.9 Å². The summed E-state index contributed by atoms with van der Waals surface area (Å²) in [4.78, 5) is 14.3. The summed E-state index contributed by atoms with van der Waals surface area (Å²) in [6.45, 7) is -0.924. The van der Waals surface area contributed by atoms with Gasteiger partial charge < -0.3 is 4.90 Å². The van der Waals surface area contributed by atoms with Crippen LogP contribution in [0.4, 0.5) is 13.2 Å². The second-order valence-electron chi connectivity index (χ2n) is 7.67. The number of fused-ring (bicyclic) bond motifs is 1. The Morgan fingerprint density at radius 3 is 2.43 bits per heavy atom. The van der Waals surface area contributed by atoms with Crippen molar-refractivity contribution in [3.8, 4) is 0 Å². The van der Waals surface area contributed by atoms with E-state index in [0.717, 1.165) is 19.1 Å². The molecule has 0 aromatic heterocycles. The van der Waals surface area contributed by atoms with Crippen LogP contribution < -0.4 is 0 Å². The quantitative estimate of drug-likeness (QED) is 0.739. The number of carbonyl (C=O) groups excluding carboxylic acids is 1. The minimum absolute atomic E-state index is 0.0121. The first-order chi connectivity index (χ1) is 13.0. The van der Waals surface area contributed by atoms with E-state index in [2.05, 4.69) is 6.07 Å². The Bertz CT molecular complexity index is 818. The van der Waals surface area contributed by atoms with Crippen molar-refractivity contribution in [2.24, 2.45) is 0 Å². The fraction of sp³-hybridized carbons (Fsp3) is 0.632. The van der Waals surface area contributed by atoms with Crippen molar-refractivity contribution < 1.29 is 26.4 Å². The molecule has 0 bridgehead atoms. The number of hydrogen-bond donors (Lipinski definition) is 0. The molecule has 1 fully saturated rings. The highest BCUT2D eigenvalue weighted by molar-refractivity contribution is 7.88. The number of halogens is 3. The first-order valence-electron chi connectivity index (χ1n) is 9.44. The molecule has 0 radical (unpaired) electrons. The maximum atomic E-state index is 12.8. The van der Waals surface area contributed by atoms with E-state index in [0.29, 0.717) is 10.7 Å². The largest absolute Gasteiger partial charge is 0.402 e. The van der Waals surface area contributed by atoms with E-state index in [9.17, 15) is 26.4 Å². The Kier molecular flexibility index (Phi) is 6.05. The van der Waals surface area contributed by atoms with Gasteiger partial charge in [0.2, 0.25) is 15.9 Å². The van der Waals surface area contributed by atoms with Crippen molar-refractivity contribution in [1.82, 2.24) is 9.21 Å². The minimum atomic E-state index is -4.59. The maximum Gasteiger partial charge on any atom is 0.402 e. The van der Waals surface area contributed by atoms with E-state index >= 15 is 0 Å². The third-order valence-corrected chi connectivity index (χ3v) is 6.94. The number of aryl methyl sites for hydroxylation is 1. The molecule has 28 heavy (non-hydrogen) atoms. The number of benzene rings is 1. The molecule has 1 amide bonds. The number of carbonyl (C=O) groups is 1. The van der Waals surface area contributed by atoms with Crippen LogP contribution >= 0.6 is 0 Å². The minimum Gasteiger partial charge on any atom is -0.343 e. The third-order valence-electron chi connectivity index (χ3n) is 5.66. The molecule has 0 saturated carbocycles. The van der Waals surface area contributed by atoms with Crippen LogP contribution in [-0.4, -0.2) is 61.6 Å². The van der Waals surface area contributed by atoms with E-state index in [1.54, 1.807) is 4.90 Å². The Hall–Kier alpha value is -1.61. The lowest BCUT2D eigenvalue weighted by Crippen LogP contribution is -2.51. The zero-order valence-corrected chi connectivity index (χ0v) is 16.6. The Morgan fingerprint density at radius 1 is 1.18 bits per heavy atom. The van der Waals surface area contributed by atoms with Gasteiger partial charge in [0.05, 0.1) is 6.26 Å². The van der Waals surface area contributed by atoms with Gasteiger partial charge in [0.25, 0.3) is 0 Å². The molecule has 1 aromatic rings. The van der Waals surface area contributed by atoms with E-state index in [1.807, 2.05) is 18.2 Å². The summed E-state index contributed by atoms with van der Waals surface area (Å²) in [5.41, 5.74) is 2.48. The lowest BCUT2D eigenvalue weighted by Gasteiger charge is -2.37. The highest BCUT2D eigenvalue weighted by Gasteiger charge is 2.40. The number of nitrogens with zero attached hydrogens (tertiary/aromatic N) is 2. The summed E-state index contributed by atoms with van der Waals surface area (Å²) in [6.07, 6.45) is -1.09. The lowest BCUT2D eigenvalue weighted by atomic mass is 9.96. The molecule has 5 nitrogen and oxygen atoms in total. The van der Waals surface area contributed by atoms with Gasteiger partial charge in [-0.05, 0) is 42.7 Å². The molecular formula is C19H25F3N2O3S. The van der Waals surface area contributed by atoms with Gasteiger partial charge in [-0.15, -0.1) is 0 Å². The van der Waals surface area contributed by atoms with Crippen LogP contribution in [-0.2, 0) is 21.2 Å². The predicted octanol–water partition coefficient (Wildman–Crippen LogP) is 2.92. The van der Waals surface area contributed by atoms with Crippen molar-refractivity contribution in [2.75, 3.05) is 25.9 Å². The molecule has 1 saturated heterocycles. The van der Waals surface area contributed by atoms with Gasteiger partial charge in [-0.2, -0.15) is 17.5 Å². The molecular weight excluding hydrogens is 393 g/mol. The Labute approximate surface area is 163 Å². The molecule has 1 aliphatic heterocycles. The number of sulfonamides is 1. The van der Waals surface area contributed by atoms with Crippen LogP contribution in [0.15, 0.2) is 24.3 Å². The topological polar surface area (TPSA) is 57.7 Å². The normalized spacial score (nSPS) is 21.2. The highest BCUT2D eigenvalue weighted by Crippen LogP contribution is 2.36. The number of rotatable bonds is 5. The van der Waals surface area contributed by atoms with Crippen molar-refractivity contribution in [3.05, 3.63) is 35.4 Å². The summed E-state index contributed by atoms with van der Waals surface area (Å²) < 4.78 is 62.5. The molecule has 1 aromatic carbocycles. The third kappa shape index (κ3) is 5.05. The highest BCUT2D eigenvalue weighted by atomic mass is 32.2. The van der Waals surface area contributed by atoms with Crippen molar-refractivity contribution in [1.29, 1.82) is 0 Å². The second kappa shape index (κ2) is 8.02. The van der Waals surface area contributed by atoms with Crippen molar-refractivity contribution in [3.63, 3.8) is 0 Å². The van der Waals surface area contributed by atoms with E-state index < -0.39 is 28.8 Å². The van der Waals surface area contributed by atoms with Gasteiger partial charge in [-0.3, -0.25) is 4.79 Å². The van der Waals surface area contributed by atoms with E-state index in [-0.39, 0.29) is 37.8 Å². The average Bonchev–Trinajstić information content (AvgIpc) is 3.01.